The van der Waals surface area contributed by atoms with Crippen molar-refractivity contribution in [3.05, 3.63) is 11.6 Å². The van der Waals surface area contributed by atoms with E-state index in [-0.39, 0.29) is 0 Å². The second-order valence-corrected chi connectivity index (χ2v) is 3.11. The van der Waals surface area contributed by atoms with E-state index in [0.29, 0.717) is 12.2 Å². The highest BCUT2D eigenvalue weighted by Gasteiger charge is 2.18. The van der Waals surface area contributed by atoms with Crippen LogP contribution in [0.15, 0.2) is 0 Å². The van der Waals surface area contributed by atoms with Gasteiger partial charge in [-0.15, -0.1) is 0 Å². The third kappa shape index (κ3) is 1.92. The number of hydrogen-bond acceptors (Lipinski definition) is 3. The second kappa shape index (κ2) is 4.21. The summed E-state index contributed by atoms with van der Waals surface area (Å²) in [6, 6.07) is -0.641. The molecule has 5 nitrogen and oxygen atoms in total. The maximum atomic E-state index is 10.8. The molecule has 0 radical (unpaired) electrons. The van der Waals surface area contributed by atoms with E-state index in [9.17, 15) is 4.79 Å². The van der Waals surface area contributed by atoms with Gasteiger partial charge in [-0.3, -0.25) is 0 Å². The highest BCUT2D eigenvalue weighted by atomic mass is 16.4. The summed E-state index contributed by atoms with van der Waals surface area (Å²) in [5.74, 6) is 0.555. The summed E-state index contributed by atoms with van der Waals surface area (Å²) in [6.45, 7) is 5.49. The first-order valence-electron chi connectivity index (χ1n) is 4.77. The Balaban J connectivity index is 3.05. The Morgan fingerprint density at radius 3 is 2.57 bits per heavy atom. The topological polar surface area (TPSA) is 68.0 Å². The molecule has 5 heteroatoms. The summed E-state index contributed by atoms with van der Waals surface area (Å²) in [7, 11) is 0. The maximum absolute atomic E-state index is 10.8. The molecule has 0 bridgehead atoms. The molecule has 1 heterocycles. The molecular weight excluding hydrogens is 182 g/mol. The molecule has 1 rings (SSSR count). The Labute approximate surface area is 82.8 Å². The minimum atomic E-state index is -0.882. The Bertz CT molecular complexity index is 333. The van der Waals surface area contributed by atoms with Crippen molar-refractivity contribution in [1.82, 2.24) is 14.8 Å². The number of aryl methyl sites for hydroxylation is 2. The monoisotopic (exact) mass is 197 g/mol. The standard InChI is InChI=1S/C9H15N3O2/c1-4-7-10-8(5-2)12(11-7)6(3)9(13)14/h6H,4-5H2,1-3H3,(H,13,14). The van der Waals surface area contributed by atoms with E-state index < -0.39 is 12.0 Å². The van der Waals surface area contributed by atoms with Crippen LogP contribution in [0.25, 0.3) is 0 Å². The molecular formula is C9H15N3O2. The van der Waals surface area contributed by atoms with Crippen molar-refractivity contribution in [2.24, 2.45) is 0 Å². The molecule has 0 aliphatic rings. The van der Waals surface area contributed by atoms with Gasteiger partial charge in [-0.25, -0.2) is 14.5 Å². The number of aromatic nitrogens is 3. The van der Waals surface area contributed by atoms with Gasteiger partial charge in [0.05, 0.1) is 0 Å². The van der Waals surface area contributed by atoms with Gasteiger partial charge in [0.1, 0.15) is 11.9 Å². The van der Waals surface area contributed by atoms with E-state index in [1.54, 1.807) is 6.92 Å². The van der Waals surface area contributed by atoms with Crippen LogP contribution < -0.4 is 0 Å². The lowest BCUT2D eigenvalue weighted by molar-refractivity contribution is -0.140. The summed E-state index contributed by atoms with van der Waals surface area (Å²) < 4.78 is 1.49. The van der Waals surface area contributed by atoms with E-state index >= 15 is 0 Å². The minimum Gasteiger partial charge on any atom is -0.480 e. The van der Waals surface area contributed by atoms with Crippen LogP contribution in [0.1, 0.15) is 38.5 Å². The smallest absolute Gasteiger partial charge is 0.328 e. The van der Waals surface area contributed by atoms with Crippen molar-refractivity contribution in [2.75, 3.05) is 0 Å². The van der Waals surface area contributed by atoms with Gasteiger partial charge in [-0.1, -0.05) is 13.8 Å². The van der Waals surface area contributed by atoms with Crippen molar-refractivity contribution < 1.29 is 9.90 Å². The maximum Gasteiger partial charge on any atom is 0.328 e. The number of aliphatic carboxylic acids is 1. The first kappa shape index (κ1) is 10.7. The second-order valence-electron chi connectivity index (χ2n) is 3.11. The summed E-state index contributed by atoms with van der Waals surface area (Å²) in [4.78, 5) is 15.0. The summed E-state index contributed by atoms with van der Waals surface area (Å²) in [6.07, 6.45) is 1.43. The molecule has 1 aromatic heterocycles. The molecule has 0 saturated heterocycles. The predicted molar refractivity (Wildman–Crippen MR) is 51.1 cm³/mol. The Morgan fingerprint density at radius 2 is 2.14 bits per heavy atom. The number of hydrogen-bond donors (Lipinski definition) is 1. The zero-order valence-corrected chi connectivity index (χ0v) is 8.69. The molecule has 1 aromatic rings. The van der Waals surface area contributed by atoms with Gasteiger partial charge < -0.3 is 5.11 Å². The Kier molecular flexibility index (Phi) is 3.22. The third-order valence-corrected chi connectivity index (χ3v) is 2.10. The normalized spacial score (nSPS) is 12.8. The average molecular weight is 197 g/mol. The SMILES string of the molecule is CCc1nc(CC)n(C(C)C(=O)O)n1. The predicted octanol–water partition coefficient (Wildman–Crippen LogP) is 1.05. The van der Waals surface area contributed by atoms with E-state index in [1.165, 1.54) is 4.68 Å². The van der Waals surface area contributed by atoms with E-state index in [1.807, 2.05) is 13.8 Å². The minimum absolute atomic E-state index is 0.641. The van der Waals surface area contributed by atoms with Gasteiger partial charge in [-0.05, 0) is 6.92 Å². The molecule has 14 heavy (non-hydrogen) atoms. The van der Waals surface area contributed by atoms with Gasteiger partial charge >= 0.3 is 5.97 Å². The van der Waals surface area contributed by atoms with Crippen molar-refractivity contribution >= 4 is 5.97 Å². The third-order valence-electron chi connectivity index (χ3n) is 2.10. The fourth-order valence-corrected chi connectivity index (χ4v) is 1.21. The van der Waals surface area contributed by atoms with Gasteiger partial charge in [0.2, 0.25) is 0 Å². The van der Waals surface area contributed by atoms with E-state index in [2.05, 4.69) is 10.1 Å². The molecule has 0 aromatic carbocycles. The van der Waals surface area contributed by atoms with Crippen molar-refractivity contribution in [3.63, 3.8) is 0 Å². The molecule has 1 unspecified atom stereocenters. The van der Waals surface area contributed by atoms with Gasteiger partial charge in [-0.2, -0.15) is 5.10 Å². The van der Waals surface area contributed by atoms with Crippen molar-refractivity contribution in [1.29, 1.82) is 0 Å². The average Bonchev–Trinajstić information content (AvgIpc) is 2.59. The van der Waals surface area contributed by atoms with Crippen LogP contribution in [0.3, 0.4) is 0 Å². The highest BCUT2D eigenvalue weighted by molar-refractivity contribution is 5.71. The largest absolute Gasteiger partial charge is 0.480 e. The number of rotatable bonds is 4. The van der Waals surface area contributed by atoms with Gasteiger partial charge in [0.15, 0.2) is 5.82 Å². The zero-order valence-electron chi connectivity index (χ0n) is 8.69. The van der Waals surface area contributed by atoms with Crippen LogP contribution in [0, 0.1) is 0 Å². The van der Waals surface area contributed by atoms with Crippen molar-refractivity contribution in [3.8, 4) is 0 Å². The molecule has 1 atom stereocenters. The number of carboxylic acid groups (broad SMARTS) is 1. The number of carbonyl (C=O) groups is 1. The fourth-order valence-electron chi connectivity index (χ4n) is 1.21. The molecule has 0 spiro atoms. The summed E-state index contributed by atoms with van der Waals surface area (Å²) >= 11 is 0. The van der Waals surface area contributed by atoms with Crippen LogP contribution in [-0.2, 0) is 17.6 Å². The van der Waals surface area contributed by atoms with Gasteiger partial charge in [0, 0.05) is 12.8 Å². The van der Waals surface area contributed by atoms with Crippen LogP contribution in [0.2, 0.25) is 0 Å². The van der Waals surface area contributed by atoms with E-state index in [0.717, 1.165) is 12.2 Å². The van der Waals surface area contributed by atoms with Crippen LogP contribution >= 0.6 is 0 Å². The lowest BCUT2D eigenvalue weighted by Crippen LogP contribution is -2.19. The first-order valence-corrected chi connectivity index (χ1v) is 4.77. The summed E-state index contributed by atoms with van der Waals surface area (Å²) in [5.41, 5.74) is 0. The van der Waals surface area contributed by atoms with Gasteiger partial charge in [0.25, 0.3) is 0 Å². The molecule has 0 aliphatic carbocycles. The summed E-state index contributed by atoms with van der Waals surface area (Å²) in [5, 5.41) is 13.0. The van der Waals surface area contributed by atoms with Crippen LogP contribution in [0.4, 0.5) is 0 Å². The fraction of sp³-hybridized carbons (Fsp3) is 0.667. The number of carboxylic acids is 1. The Morgan fingerprint density at radius 1 is 1.50 bits per heavy atom. The van der Waals surface area contributed by atoms with Crippen molar-refractivity contribution in [2.45, 2.75) is 39.7 Å². The lowest BCUT2D eigenvalue weighted by Gasteiger charge is -2.08. The lowest BCUT2D eigenvalue weighted by atomic mass is 10.3. The van der Waals surface area contributed by atoms with Crippen LogP contribution in [-0.4, -0.2) is 25.8 Å². The quantitative estimate of drug-likeness (QED) is 0.783. The molecule has 1 N–H and O–H groups in total. The van der Waals surface area contributed by atoms with E-state index in [4.69, 9.17) is 5.11 Å². The molecule has 0 aliphatic heterocycles. The first-order chi connectivity index (χ1) is 6.60. The zero-order chi connectivity index (χ0) is 10.7. The highest BCUT2D eigenvalue weighted by Crippen LogP contribution is 2.09. The molecule has 0 amide bonds. The number of nitrogens with zero attached hydrogens (tertiary/aromatic N) is 3. The molecule has 78 valence electrons. The van der Waals surface area contributed by atoms with Crippen LogP contribution in [0.5, 0.6) is 0 Å². The molecule has 0 saturated carbocycles. The Hall–Kier alpha value is -1.39. The molecule has 0 fully saturated rings.